The molecule has 1 heterocycles. The van der Waals surface area contributed by atoms with Crippen LogP contribution in [0.15, 0.2) is 47.5 Å². The van der Waals surface area contributed by atoms with Crippen LogP contribution in [-0.4, -0.2) is 25.7 Å². The topological polar surface area (TPSA) is 98.0 Å². The molecule has 0 spiro atoms. The van der Waals surface area contributed by atoms with Crippen molar-refractivity contribution < 1.29 is 14.3 Å². The highest BCUT2D eigenvalue weighted by Crippen LogP contribution is 2.32. The van der Waals surface area contributed by atoms with E-state index in [0.717, 1.165) is 22.6 Å². The Morgan fingerprint density at radius 3 is 2.31 bits per heavy atom. The van der Waals surface area contributed by atoms with Gasteiger partial charge in [-0.1, -0.05) is 18.2 Å². The normalized spacial score (nSPS) is 12.3. The van der Waals surface area contributed by atoms with E-state index in [1.54, 1.807) is 19.2 Å². The van der Waals surface area contributed by atoms with E-state index in [-0.39, 0.29) is 30.8 Å². The number of hydrogen-bond donors (Lipinski definition) is 3. The minimum absolute atomic E-state index is 0. The molecule has 0 aromatic heterocycles. The first-order valence-electron chi connectivity index (χ1n) is 7.87. The molecule has 0 saturated heterocycles. The Morgan fingerprint density at radius 2 is 1.65 bits per heavy atom. The van der Waals surface area contributed by atoms with Gasteiger partial charge in [-0.25, -0.2) is 0 Å². The van der Waals surface area contributed by atoms with Crippen molar-refractivity contribution in [1.29, 1.82) is 0 Å². The fourth-order valence-corrected chi connectivity index (χ4v) is 2.43. The quantitative estimate of drug-likeness (QED) is 0.355. The van der Waals surface area contributed by atoms with E-state index in [0.29, 0.717) is 24.6 Å². The van der Waals surface area contributed by atoms with Gasteiger partial charge in [0.25, 0.3) is 0 Å². The van der Waals surface area contributed by atoms with E-state index in [1.165, 1.54) is 0 Å². The lowest BCUT2D eigenvalue weighted by molar-refractivity contribution is 0.100. The highest BCUT2D eigenvalue weighted by molar-refractivity contribution is 14.0. The Balaban J connectivity index is 0.00000243. The molecule has 0 fully saturated rings. The van der Waals surface area contributed by atoms with Crippen LogP contribution in [0.4, 0.5) is 0 Å². The van der Waals surface area contributed by atoms with Gasteiger partial charge in [-0.3, -0.25) is 9.79 Å². The van der Waals surface area contributed by atoms with Crippen molar-refractivity contribution in [3.63, 3.8) is 0 Å². The zero-order valence-electron chi connectivity index (χ0n) is 14.3. The SMILES string of the molecule is CN=C(NCc1ccc(C(N)=O)cc1)NCc1ccc2c(c1)OCO2.I. The summed E-state index contributed by atoms with van der Waals surface area (Å²) in [5, 5.41) is 6.47. The molecule has 4 N–H and O–H groups in total. The number of halogens is 1. The fourth-order valence-electron chi connectivity index (χ4n) is 2.43. The number of guanidine groups is 1. The first-order chi connectivity index (χ1) is 12.2. The van der Waals surface area contributed by atoms with E-state index in [1.807, 2.05) is 30.3 Å². The van der Waals surface area contributed by atoms with Crippen LogP contribution in [-0.2, 0) is 13.1 Å². The van der Waals surface area contributed by atoms with Gasteiger partial charge < -0.3 is 25.8 Å². The van der Waals surface area contributed by atoms with Crippen LogP contribution in [0.2, 0.25) is 0 Å². The lowest BCUT2D eigenvalue weighted by atomic mass is 10.1. The predicted octanol–water partition coefficient (Wildman–Crippen LogP) is 2.00. The smallest absolute Gasteiger partial charge is 0.248 e. The molecule has 0 radical (unpaired) electrons. The molecule has 0 saturated carbocycles. The molecule has 0 bridgehead atoms. The molecule has 3 rings (SSSR count). The van der Waals surface area contributed by atoms with Gasteiger partial charge in [0.2, 0.25) is 12.7 Å². The minimum Gasteiger partial charge on any atom is -0.454 e. The van der Waals surface area contributed by atoms with Gasteiger partial charge in [-0.15, -0.1) is 24.0 Å². The summed E-state index contributed by atoms with van der Waals surface area (Å²) in [6.45, 7) is 1.46. The molecule has 0 unspecified atom stereocenters. The van der Waals surface area contributed by atoms with Gasteiger partial charge in [0.05, 0.1) is 0 Å². The molecule has 0 atom stereocenters. The number of nitrogens with zero attached hydrogens (tertiary/aromatic N) is 1. The van der Waals surface area contributed by atoms with Gasteiger partial charge in [0, 0.05) is 25.7 Å². The first-order valence-corrected chi connectivity index (χ1v) is 7.87. The van der Waals surface area contributed by atoms with Crippen molar-refractivity contribution in [1.82, 2.24) is 10.6 Å². The number of nitrogens with one attached hydrogen (secondary N) is 2. The first kappa shape index (κ1) is 19.8. The van der Waals surface area contributed by atoms with Crippen LogP contribution < -0.4 is 25.8 Å². The maximum atomic E-state index is 11.1. The minimum atomic E-state index is -0.430. The van der Waals surface area contributed by atoms with Crippen molar-refractivity contribution in [3.05, 3.63) is 59.2 Å². The molecule has 2 aromatic carbocycles. The van der Waals surface area contributed by atoms with Crippen molar-refractivity contribution in [2.45, 2.75) is 13.1 Å². The summed E-state index contributed by atoms with van der Waals surface area (Å²) in [4.78, 5) is 15.3. The van der Waals surface area contributed by atoms with Gasteiger partial charge in [0.1, 0.15) is 0 Å². The molecule has 138 valence electrons. The second-order valence-electron chi connectivity index (χ2n) is 5.53. The zero-order chi connectivity index (χ0) is 17.6. The lowest BCUT2D eigenvalue weighted by Gasteiger charge is -2.12. The summed E-state index contributed by atoms with van der Waals surface area (Å²) in [5.74, 6) is 1.78. The molecular formula is C18H21IN4O3. The molecule has 2 aromatic rings. The highest BCUT2D eigenvalue weighted by atomic mass is 127. The maximum absolute atomic E-state index is 11.1. The average Bonchev–Trinajstić information content (AvgIpc) is 3.10. The number of amides is 1. The Hall–Kier alpha value is -2.49. The van der Waals surface area contributed by atoms with Gasteiger partial charge in [-0.05, 0) is 35.4 Å². The Morgan fingerprint density at radius 1 is 1.04 bits per heavy atom. The second-order valence-corrected chi connectivity index (χ2v) is 5.53. The Bertz CT molecular complexity index is 794. The Kier molecular flexibility index (Phi) is 7.07. The summed E-state index contributed by atoms with van der Waals surface area (Å²) >= 11 is 0. The molecule has 1 amide bonds. The van der Waals surface area contributed by atoms with Crippen LogP contribution >= 0.6 is 24.0 Å². The number of carbonyl (C=O) groups is 1. The van der Waals surface area contributed by atoms with E-state index >= 15 is 0 Å². The number of benzene rings is 2. The molecular weight excluding hydrogens is 447 g/mol. The summed E-state index contributed by atoms with van der Waals surface area (Å²) < 4.78 is 10.7. The van der Waals surface area contributed by atoms with Crippen LogP contribution in [0.3, 0.4) is 0 Å². The van der Waals surface area contributed by atoms with Crippen molar-refractivity contribution in [3.8, 4) is 11.5 Å². The highest BCUT2D eigenvalue weighted by Gasteiger charge is 2.13. The summed E-state index contributed by atoms with van der Waals surface area (Å²) in [6, 6.07) is 13.0. The molecule has 8 heteroatoms. The number of hydrogen-bond acceptors (Lipinski definition) is 4. The average molecular weight is 468 g/mol. The van der Waals surface area contributed by atoms with E-state index < -0.39 is 5.91 Å². The Labute approximate surface area is 169 Å². The van der Waals surface area contributed by atoms with Crippen molar-refractivity contribution in [2.75, 3.05) is 13.8 Å². The molecule has 1 aliphatic rings. The van der Waals surface area contributed by atoms with E-state index in [2.05, 4.69) is 15.6 Å². The van der Waals surface area contributed by atoms with Crippen LogP contribution in [0.5, 0.6) is 11.5 Å². The molecule has 7 nitrogen and oxygen atoms in total. The van der Waals surface area contributed by atoms with Crippen LogP contribution in [0.1, 0.15) is 21.5 Å². The van der Waals surface area contributed by atoms with Gasteiger partial charge in [0.15, 0.2) is 17.5 Å². The second kappa shape index (κ2) is 9.27. The molecule has 26 heavy (non-hydrogen) atoms. The zero-order valence-corrected chi connectivity index (χ0v) is 16.7. The maximum Gasteiger partial charge on any atom is 0.248 e. The monoisotopic (exact) mass is 468 g/mol. The van der Waals surface area contributed by atoms with Crippen LogP contribution in [0, 0.1) is 0 Å². The summed E-state index contributed by atoms with van der Waals surface area (Å²) in [7, 11) is 1.71. The number of aliphatic imine (C=N–C) groups is 1. The number of rotatable bonds is 5. The predicted molar refractivity (Wildman–Crippen MR) is 110 cm³/mol. The molecule has 0 aliphatic carbocycles. The standard InChI is InChI=1S/C18H20N4O3.HI/c1-20-18(21-9-12-2-5-14(6-3-12)17(19)23)22-10-13-4-7-15-16(8-13)25-11-24-15;/h2-8H,9-11H2,1H3,(H2,19,23)(H2,20,21,22);1H. The third kappa shape index (κ3) is 5.01. The van der Waals surface area contributed by atoms with Gasteiger partial charge >= 0.3 is 0 Å². The number of primary amides is 1. The largest absolute Gasteiger partial charge is 0.454 e. The van der Waals surface area contributed by atoms with Crippen molar-refractivity contribution >= 4 is 35.8 Å². The summed E-state index contributed by atoms with van der Waals surface area (Å²) in [6.07, 6.45) is 0. The third-order valence-corrected chi connectivity index (χ3v) is 3.82. The number of fused-ring (bicyclic) bond motifs is 1. The fraction of sp³-hybridized carbons (Fsp3) is 0.222. The molecule has 1 aliphatic heterocycles. The number of carbonyl (C=O) groups excluding carboxylic acids is 1. The van der Waals surface area contributed by atoms with Crippen molar-refractivity contribution in [2.24, 2.45) is 10.7 Å². The third-order valence-electron chi connectivity index (χ3n) is 3.82. The van der Waals surface area contributed by atoms with Gasteiger partial charge in [-0.2, -0.15) is 0 Å². The number of ether oxygens (including phenoxy) is 2. The summed E-state index contributed by atoms with van der Waals surface area (Å²) in [5.41, 5.74) is 7.82. The number of nitrogens with two attached hydrogens (primary N) is 1. The van der Waals surface area contributed by atoms with E-state index in [9.17, 15) is 4.79 Å². The van der Waals surface area contributed by atoms with Crippen LogP contribution in [0.25, 0.3) is 0 Å². The van der Waals surface area contributed by atoms with E-state index in [4.69, 9.17) is 15.2 Å². The lowest BCUT2D eigenvalue weighted by Crippen LogP contribution is -2.36.